The summed E-state index contributed by atoms with van der Waals surface area (Å²) < 4.78 is 11.8. The van der Waals surface area contributed by atoms with Crippen LogP contribution in [0.15, 0.2) is 42.5 Å². The molecule has 2 aromatic rings. The lowest BCUT2D eigenvalue weighted by Crippen LogP contribution is -2.25. The van der Waals surface area contributed by atoms with Crippen molar-refractivity contribution in [2.45, 2.75) is 58.8 Å². The minimum Gasteiger partial charge on any atom is -0.508 e. The van der Waals surface area contributed by atoms with Crippen molar-refractivity contribution in [2.75, 3.05) is 19.8 Å². The molecule has 164 valence electrons. The van der Waals surface area contributed by atoms with Crippen LogP contribution in [0, 0.1) is 0 Å². The molecule has 0 aliphatic heterocycles. The summed E-state index contributed by atoms with van der Waals surface area (Å²) in [5.74, 6) is 1.44. The number of aromatic hydroxyl groups is 1. The van der Waals surface area contributed by atoms with E-state index in [4.69, 9.17) is 9.47 Å². The zero-order valence-corrected chi connectivity index (χ0v) is 18.3. The molecular weight excluding hydrogens is 378 g/mol. The van der Waals surface area contributed by atoms with Crippen molar-refractivity contribution in [3.63, 3.8) is 0 Å². The SMILES string of the molecule is CCCCCOc1ccc(C(=O)NCCc2ccc(O)cc2)cc1OCCCCC. The Hall–Kier alpha value is -2.69. The van der Waals surface area contributed by atoms with Gasteiger partial charge >= 0.3 is 0 Å². The summed E-state index contributed by atoms with van der Waals surface area (Å²) in [5, 5.41) is 12.3. The van der Waals surface area contributed by atoms with Gasteiger partial charge in [0.1, 0.15) is 5.75 Å². The lowest BCUT2D eigenvalue weighted by atomic mass is 10.1. The van der Waals surface area contributed by atoms with Crippen molar-refractivity contribution in [3.8, 4) is 17.2 Å². The number of nitrogens with one attached hydrogen (secondary N) is 1. The second-order valence-corrected chi connectivity index (χ2v) is 7.44. The summed E-state index contributed by atoms with van der Waals surface area (Å²) in [5.41, 5.74) is 1.62. The molecule has 0 bridgehead atoms. The van der Waals surface area contributed by atoms with Crippen LogP contribution in [0.3, 0.4) is 0 Å². The van der Waals surface area contributed by atoms with Gasteiger partial charge in [0.2, 0.25) is 0 Å². The summed E-state index contributed by atoms with van der Waals surface area (Å²) in [6, 6.07) is 12.4. The Morgan fingerprint density at radius 3 is 2.13 bits per heavy atom. The van der Waals surface area contributed by atoms with E-state index in [0.717, 1.165) is 44.1 Å². The molecule has 0 fully saturated rings. The Balaban J connectivity index is 1.95. The third kappa shape index (κ3) is 8.36. The first kappa shape index (κ1) is 23.6. The van der Waals surface area contributed by atoms with Gasteiger partial charge in [-0.25, -0.2) is 0 Å². The molecule has 0 radical (unpaired) electrons. The van der Waals surface area contributed by atoms with Gasteiger partial charge in [-0.2, -0.15) is 0 Å². The molecule has 0 spiro atoms. The number of unbranched alkanes of at least 4 members (excludes halogenated alkanes) is 4. The van der Waals surface area contributed by atoms with Crippen LogP contribution in [0.4, 0.5) is 0 Å². The Bertz CT molecular complexity index is 758. The van der Waals surface area contributed by atoms with Crippen molar-refractivity contribution in [1.29, 1.82) is 0 Å². The number of hydrogen-bond donors (Lipinski definition) is 2. The predicted octanol–water partition coefficient (Wildman–Crippen LogP) is 5.50. The molecule has 2 rings (SSSR count). The van der Waals surface area contributed by atoms with Gasteiger partial charge in [0.15, 0.2) is 11.5 Å². The molecule has 0 aromatic heterocycles. The van der Waals surface area contributed by atoms with Crippen molar-refractivity contribution in [2.24, 2.45) is 0 Å². The van der Waals surface area contributed by atoms with Crippen LogP contribution >= 0.6 is 0 Å². The highest BCUT2D eigenvalue weighted by Crippen LogP contribution is 2.29. The number of carbonyl (C=O) groups excluding carboxylic acids is 1. The van der Waals surface area contributed by atoms with Crippen molar-refractivity contribution in [3.05, 3.63) is 53.6 Å². The highest BCUT2D eigenvalue weighted by molar-refractivity contribution is 5.94. The highest BCUT2D eigenvalue weighted by atomic mass is 16.5. The zero-order valence-electron chi connectivity index (χ0n) is 18.3. The van der Waals surface area contributed by atoms with E-state index in [0.29, 0.717) is 43.2 Å². The summed E-state index contributed by atoms with van der Waals surface area (Å²) in [6.07, 6.45) is 7.21. The van der Waals surface area contributed by atoms with Gasteiger partial charge in [0.05, 0.1) is 13.2 Å². The van der Waals surface area contributed by atoms with Gasteiger partial charge in [0, 0.05) is 12.1 Å². The number of phenols is 1. The number of rotatable bonds is 14. The average Bonchev–Trinajstić information content (AvgIpc) is 2.76. The van der Waals surface area contributed by atoms with Crippen molar-refractivity contribution in [1.82, 2.24) is 5.32 Å². The maximum atomic E-state index is 12.6. The Morgan fingerprint density at radius 2 is 1.50 bits per heavy atom. The molecule has 0 saturated heterocycles. The van der Waals surface area contributed by atoms with Gasteiger partial charge in [0.25, 0.3) is 5.91 Å². The number of benzene rings is 2. The van der Waals surface area contributed by atoms with E-state index < -0.39 is 0 Å². The van der Waals surface area contributed by atoms with Gasteiger partial charge in [-0.05, 0) is 55.2 Å². The largest absolute Gasteiger partial charge is 0.508 e. The number of ether oxygens (including phenoxy) is 2. The molecule has 5 heteroatoms. The normalized spacial score (nSPS) is 10.6. The molecule has 0 aliphatic carbocycles. The molecule has 0 heterocycles. The molecular formula is C25H35NO4. The lowest BCUT2D eigenvalue weighted by molar-refractivity contribution is 0.0953. The van der Waals surface area contributed by atoms with Gasteiger partial charge in [-0.15, -0.1) is 0 Å². The fraction of sp³-hybridized carbons (Fsp3) is 0.480. The maximum absolute atomic E-state index is 12.6. The first-order valence-electron chi connectivity index (χ1n) is 11.1. The van der Waals surface area contributed by atoms with Crippen LogP contribution in [-0.4, -0.2) is 30.8 Å². The quantitative estimate of drug-likeness (QED) is 0.401. The molecule has 1 amide bonds. The van der Waals surface area contributed by atoms with E-state index in [1.54, 1.807) is 24.3 Å². The second-order valence-electron chi connectivity index (χ2n) is 7.44. The molecule has 0 saturated carbocycles. The number of carbonyl (C=O) groups is 1. The van der Waals surface area contributed by atoms with Crippen LogP contribution in [0.5, 0.6) is 17.2 Å². The standard InChI is InChI=1S/C25H35NO4/c1-3-5-7-17-29-23-14-11-21(19-24(23)30-18-8-6-4-2)25(28)26-16-15-20-9-12-22(27)13-10-20/h9-14,19,27H,3-8,15-18H2,1-2H3,(H,26,28). The topological polar surface area (TPSA) is 67.8 Å². The average molecular weight is 414 g/mol. The number of phenolic OH excluding ortho intramolecular Hbond substituents is 1. The van der Waals surface area contributed by atoms with Crippen LogP contribution < -0.4 is 14.8 Å². The van der Waals surface area contributed by atoms with Crippen molar-refractivity contribution < 1.29 is 19.4 Å². The predicted molar refractivity (Wildman–Crippen MR) is 121 cm³/mol. The minimum atomic E-state index is -0.135. The molecule has 30 heavy (non-hydrogen) atoms. The van der Waals surface area contributed by atoms with Crippen LogP contribution in [-0.2, 0) is 6.42 Å². The lowest BCUT2D eigenvalue weighted by Gasteiger charge is -2.14. The molecule has 2 N–H and O–H groups in total. The monoisotopic (exact) mass is 413 g/mol. The van der Waals surface area contributed by atoms with Crippen molar-refractivity contribution >= 4 is 5.91 Å². The van der Waals surface area contributed by atoms with E-state index in [-0.39, 0.29) is 11.7 Å². The molecule has 5 nitrogen and oxygen atoms in total. The van der Waals surface area contributed by atoms with E-state index in [1.165, 1.54) is 0 Å². The molecule has 0 atom stereocenters. The first-order chi connectivity index (χ1) is 14.6. The number of hydrogen-bond acceptors (Lipinski definition) is 4. The first-order valence-corrected chi connectivity index (χ1v) is 11.1. The second kappa shape index (κ2) is 13.5. The Kier molecular flexibility index (Phi) is 10.6. The van der Waals surface area contributed by atoms with E-state index >= 15 is 0 Å². The molecule has 0 unspecified atom stereocenters. The van der Waals surface area contributed by atoms with Gasteiger partial charge < -0.3 is 19.9 Å². The molecule has 0 aliphatic rings. The summed E-state index contributed by atoms with van der Waals surface area (Å²) in [7, 11) is 0. The Labute approximate surface area is 180 Å². The summed E-state index contributed by atoms with van der Waals surface area (Å²) in [6.45, 7) is 6.11. The summed E-state index contributed by atoms with van der Waals surface area (Å²) in [4.78, 5) is 12.6. The van der Waals surface area contributed by atoms with Gasteiger partial charge in [-0.3, -0.25) is 4.79 Å². The van der Waals surface area contributed by atoms with Crippen LogP contribution in [0.2, 0.25) is 0 Å². The van der Waals surface area contributed by atoms with E-state index in [1.807, 2.05) is 18.2 Å². The Morgan fingerprint density at radius 1 is 0.867 bits per heavy atom. The van der Waals surface area contributed by atoms with Crippen LogP contribution in [0.1, 0.15) is 68.3 Å². The minimum absolute atomic E-state index is 0.135. The molecule has 2 aromatic carbocycles. The van der Waals surface area contributed by atoms with Gasteiger partial charge in [-0.1, -0.05) is 51.7 Å². The highest BCUT2D eigenvalue weighted by Gasteiger charge is 2.12. The zero-order chi connectivity index (χ0) is 21.6. The fourth-order valence-corrected chi connectivity index (χ4v) is 3.03. The third-order valence-corrected chi connectivity index (χ3v) is 4.85. The van der Waals surface area contributed by atoms with Crippen LogP contribution in [0.25, 0.3) is 0 Å². The van der Waals surface area contributed by atoms with E-state index in [2.05, 4.69) is 19.2 Å². The number of amides is 1. The fourth-order valence-electron chi connectivity index (χ4n) is 3.03. The van der Waals surface area contributed by atoms with E-state index in [9.17, 15) is 9.90 Å². The third-order valence-electron chi connectivity index (χ3n) is 4.85. The smallest absolute Gasteiger partial charge is 0.251 e. The maximum Gasteiger partial charge on any atom is 0.251 e. The summed E-state index contributed by atoms with van der Waals surface area (Å²) >= 11 is 0.